The minimum atomic E-state index is -0.273. The number of rotatable bonds is 10. The first kappa shape index (κ1) is 25.6. The molecule has 0 spiro atoms. The SMILES string of the molecule is CC(=O)CCCNC(C)(C)c1ccc(CC(=O)c2ncc(C#N)[nH]2)c(C2=CCC(C)(C)CC2)c1. The van der Waals surface area contributed by atoms with Crippen molar-refractivity contribution in [3.63, 3.8) is 0 Å². The highest BCUT2D eigenvalue weighted by molar-refractivity contribution is 5.95. The molecule has 1 heterocycles. The number of H-pyrrole nitrogens is 1. The van der Waals surface area contributed by atoms with Crippen LogP contribution in [0.15, 0.2) is 30.5 Å². The van der Waals surface area contributed by atoms with Gasteiger partial charge < -0.3 is 15.1 Å². The Kier molecular flexibility index (Phi) is 7.89. The van der Waals surface area contributed by atoms with E-state index in [4.69, 9.17) is 5.26 Å². The molecule has 34 heavy (non-hydrogen) atoms. The van der Waals surface area contributed by atoms with Gasteiger partial charge in [-0.3, -0.25) is 4.79 Å². The molecule has 1 aliphatic carbocycles. The Bertz CT molecular complexity index is 1130. The zero-order valence-electron chi connectivity index (χ0n) is 21.0. The number of aromatic amines is 1. The summed E-state index contributed by atoms with van der Waals surface area (Å²) in [6.45, 7) is 11.3. The number of nitriles is 1. The number of allylic oxidation sites excluding steroid dienone is 2. The van der Waals surface area contributed by atoms with Crippen molar-refractivity contribution in [1.82, 2.24) is 15.3 Å². The Morgan fingerprint density at radius 1 is 1.29 bits per heavy atom. The summed E-state index contributed by atoms with van der Waals surface area (Å²) in [6.07, 6.45) is 8.42. The van der Waals surface area contributed by atoms with Gasteiger partial charge in [-0.05, 0) is 86.7 Å². The molecule has 0 saturated carbocycles. The van der Waals surface area contributed by atoms with Gasteiger partial charge >= 0.3 is 0 Å². The van der Waals surface area contributed by atoms with Crippen LogP contribution in [0, 0.1) is 16.7 Å². The highest BCUT2D eigenvalue weighted by atomic mass is 16.1. The van der Waals surface area contributed by atoms with Crippen LogP contribution in [0.1, 0.15) is 99.7 Å². The van der Waals surface area contributed by atoms with Crippen LogP contribution in [0.3, 0.4) is 0 Å². The summed E-state index contributed by atoms with van der Waals surface area (Å²) in [6, 6.07) is 8.33. The Morgan fingerprint density at radius 2 is 2.06 bits per heavy atom. The zero-order valence-corrected chi connectivity index (χ0v) is 21.0. The van der Waals surface area contributed by atoms with E-state index < -0.39 is 0 Å². The predicted octanol–water partition coefficient (Wildman–Crippen LogP) is 5.49. The van der Waals surface area contributed by atoms with Gasteiger partial charge in [-0.2, -0.15) is 5.26 Å². The lowest BCUT2D eigenvalue weighted by molar-refractivity contribution is -0.117. The van der Waals surface area contributed by atoms with Crippen LogP contribution in [0.25, 0.3) is 5.57 Å². The first-order chi connectivity index (χ1) is 16.0. The van der Waals surface area contributed by atoms with Gasteiger partial charge in [0.2, 0.25) is 5.78 Å². The number of aromatic nitrogens is 2. The second-order valence-corrected chi connectivity index (χ2v) is 10.7. The largest absolute Gasteiger partial charge is 0.327 e. The zero-order chi connectivity index (χ0) is 24.9. The smallest absolute Gasteiger partial charge is 0.202 e. The van der Waals surface area contributed by atoms with Gasteiger partial charge in [-0.25, -0.2) is 4.98 Å². The number of carbonyl (C=O) groups is 2. The Morgan fingerprint density at radius 3 is 2.68 bits per heavy atom. The summed E-state index contributed by atoms with van der Waals surface area (Å²) < 4.78 is 0. The summed E-state index contributed by atoms with van der Waals surface area (Å²) >= 11 is 0. The van der Waals surface area contributed by atoms with E-state index in [9.17, 15) is 9.59 Å². The van der Waals surface area contributed by atoms with Crippen LogP contribution >= 0.6 is 0 Å². The topological polar surface area (TPSA) is 98.6 Å². The van der Waals surface area contributed by atoms with Crippen LogP contribution in [0.2, 0.25) is 0 Å². The molecule has 0 saturated heterocycles. The normalized spacial score (nSPS) is 15.5. The lowest BCUT2D eigenvalue weighted by atomic mass is 9.75. The Labute approximate surface area is 202 Å². The van der Waals surface area contributed by atoms with Crippen LogP contribution in [0.4, 0.5) is 0 Å². The van der Waals surface area contributed by atoms with Crippen LogP contribution < -0.4 is 5.32 Å². The molecule has 180 valence electrons. The number of imidazole rings is 1. The standard InChI is InChI=1S/C28H36N4O2/c1-19(33)7-6-14-31-28(4,5)22-9-8-21(15-25(34)26-30-18-23(17-29)32-26)24(16-22)20-10-12-27(2,3)13-11-20/h8-10,16,18,31H,6-7,11-15H2,1-5H3,(H,30,32). The Hall–Kier alpha value is -3.04. The number of carbonyl (C=O) groups excluding carboxylic acids is 2. The minimum absolute atomic E-state index is 0.131. The van der Waals surface area contributed by atoms with Crippen molar-refractivity contribution >= 4 is 17.1 Å². The third-order valence-electron chi connectivity index (χ3n) is 6.73. The van der Waals surface area contributed by atoms with E-state index in [1.165, 1.54) is 11.8 Å². The molecule has 0 aliphatic heterocycles. The molecule has 3 rings (SSSR count). The van der Waals surface area contributed by atoms with Gasteiger partial charge in [-0.15, -0.1) is 0 Å². The molecule has 2 N–H and O–H groups in total. The molecular formula is C28H36N4O2. The van der Waals surface area contributed by atoms with Crippen molar-refractivity contribution in [3.8, 4) is 6.07 Å². The molecule has 6 heteroatoms. The van der Waals surface area contributed by atoms with Gasteiger partial charge in [0.05, 0.1) is 6.20 Å². The van der Waals surface area contributed by atoms with Crippen LogP contribution in [-0.4, -0.2) is 28.1 Å². The fourth-order valence-electron chi connectivity index (χ4n) is 4.36. The maximum atomic E-state index is 12.9. The highest BCUT2D eigenvalue weighted by Gasteiger charge is 2.26. The maximum absolute atomic E-state index is 12.9. The average Bonchev–Trinajstić information content (AvgIpc) is 3.26. The second-order valence-electron chi connectivity index (χ2n) is 10.7. The number of nitrogens with zero attached hydrogens (tertiary/aromatic N) is 2. The van der Waals surface area contributed by atoms with Gasteiger partial charge in [0, 0.05) is 18.4 Å². The number of hydrogen-bond donors (Lipinski definition) is 2. The third-order valence-corrected chi connectivity index (χ3v) is 6.73. The molecule has 1 aromatic heterocycles. The molecule has 0 fully saturated rings. The van der Waals surface area contributed by atoms with Crippen molar-refractivity contribution < 1.29 is 9.59 Å². The molecule has 0 unspecified atom stereocenters. The molecular weight excluding hydrogens is 424 g/mol. The molecule has 2 aromatic rings. The van der Waals surface area contributed by atoms with E-state index in [2.05, 4.69) is 67.3 Å². The number of hydrogen-bond acceptors (Lipinski definition) is 5. The van der Waals surface area contributed by atoms with Gasteiger partial charge in [-0.1, -0.05) is 32.1 Å². The van der Waals surface area contributed by atoms with E-state index in [-0.39, 0.29) is 40.5 Å². The maximum Gasteiger partial charge on any atom is 0.202 e. The first-order valence-corrected chi connectivity index (χ1v) is 12.1. The first-order valence-electron chi connectivity index (χ1n) is 12.1. The van der Waals surface area contributed by atoms with E-state index in [1.807, 2.05) is 6.07 Å². The third kappa shape index (κ3) is 6.51. The fraction of sp³-hybridized carbons (Fsp3) is 0.500. The summed E-state index contributed by atoms with van der Waals surface area (Å²) in [4.78, 5) is 31.1. The molecule has 1 aliphatic rings. The molecule has 0 bridgehead atoms. The molecule has 6 nitrogen and oxygen atoms in total. The van der Waals surface area contributed by atoms with Crippen molar-refractivity contribution in [2.75, 3.05) is 6.54 Å². The van der Waals surface area contributed by atoms with Crippen LogP contribution in [0.5, 0.6) is 0 Å². The van der Waals surface area contributed by atoms with Crippen molar-refractivity contribution in [2.45, 2.75) is 78.7 Å². The molecule has 0 atom stereocenters. The second kappa shape index (κ2) is 10.5. The molecule has 1 aromatic carbocycles. The quantitative estimate of drug-likeness (QED) is 0.361. The van der Waals surface area contributed by atoms with Crippen molar-refractivity contribution in [3.05, 3.63) is 58.7 Å². The molecule has 0 radical (unpaired) electrons. The van der Waals surface area contributed by atoms with Gasteiger partial charge in [0.25, 0.3) is 0 Å². The van der Waals surface area contributed by atoms with Crippen molar-refractivity contribution in [1.29, 1.82) is 5.26 Å². The number of Topliss-reactive ketones (excluding diaryl/α,β-unsaturated/α-hetero) is 2. The van der Waals surface area contributed by atoms with E-state index in [0.717, 1.165) is 48.9 Å². The number of nitrogens with one attached hydrogen (secondary N) is 2. The lowest BCUT2D eigenvalue weighted by Crippen LogP contribution is -2.37. The number of ketones is 2. The fourth-order valence-corrected chi connectivity index (χ4v) is 4.36. The summed E-state index contributed by atoms with van der Waals surface area (Å²) in [7, 11) is 0. The Balaban J connectivity index is 1.89. The predicted molar refractivity (Wildman–Crippen MR) is 134 cm³/mol. The summed E-state index contributed by atoms with van der Waals surface area (Å²) in [5, 5.41) is 12.6. The van der Waals surface area contributed by atoms with E-state index in [1.54, 1.807) is 6.92 Å². The summed E-state index contributed by atoms with van der Waals surface area (Å²) in [5.41, 5.74) is 4.83. The summed E-state index contributed by atoms with van der Waals surface area (Å²) in [5.74, 6) is 0.299. The van der Waals surface area contributed by atoms with Gasteiger partial charge in [0.15, 0.2) is 5.82 Å². The minimum Gasteiger partial charge on any atom is -0.327 e. The highest BCUT2D eigenvalue weighted by Crippen LogP contribution is 2.40. The monoisotopic (exact) mass is 460 g/mol. The van der Waals surface area contributed by atoms with Crippen molar-refractivity contribution in [2.24, 2.45) is 5.41 Å². The van der Waals surface area contributed by atoms with E-state index >= 15 is 0 Å². The number of benzene rings is 1. The molecule has 0 amide bonds. The lowest BCUT2D eigenvalue weighted by Gasteiger charge is -2.31. The average molecular weight is 461 g/mol. The van der Waals surface area contributed by atoms with Crippen LogP contribution in [-0.2, 0) is 16.8 Å². The van der Waals surface area contributed by atoms with E-state index in [0.29, 0.717) is 6.42 Å². The van der Waals surface area contributed by atoms with Gasteiger partial charge in [0.1, 0.15) is 17.5 Å².